The Hall–Kier alpha value is -4.34. The number of rotatable bonds is 1. The molecule has 0 aliphatic heterocycles. The van der Waals surface area contributed by atoms with E-state index in [0.29, 0.717) is 34.5 Å². The molecule has 8 aliphatic carbocycles. The minimum Gasteiger partial charge on any atom is -0.308 e. The number of nitrogens with zero attached hydrogens (tertiary/aromatic N) is 3. The van der Waals surface area contributed by atoms with Gasteiger partial charge in [0, 0.05) is 21.5 Å². The second-order valence-corrected chi connectivity index (χ2v) is 19.3. The molecule has 3 heteroatoms. The fourth-order valence-corrected chi connectivity index (χ4v) is 16.5. The Morgan fingerprint density at radius 1 is 0.588 bits per heavy atom. The Kier molecular flexibility index (Phi) is 4.46. The number of benzene rings is 4. The maximum Gasteiger partial charge on any atom is 0.0995 e. The average molecular weight is 660 g/mol. The predicted molar refractivity (Wildman–Crippen MR) is 201 cm³/mol. The molecule has 0 amide bonds. The molecule has 2 heterocycles. The van der Waals surface area contributed by atoms with Crippen LogP contribution in [0.2, 0.25) is 0 Å². The minimum absolute atomic E-state index is 0.520. The zero-order valence-corrected chi connectivity index (χ0v) is 29.6. The van der Waals surface area contributed by atoms with Crippen molar-refractivity contribution in [2.75, 3.05) is 0 Å². The molecule has 0 saturated heterocycles. The monoisotopic (exact) mass is 659 g/mol. The van der Waals surface area contributed by atoms with Crippen molar-refractivity contribution in [1.29, 1.82) is 10.5 Å². The van der Waals surface area contributed by atoms with Crippen LogP contribution in [0.4, 0.5) is 0 Å². The Morgan fingerprint density at radius 3 is 1.45 bits per heavy atom. The molecule has 10 unspecified atom stereocenters. The van der Waals surface area contributed by atoms with Gasteiger partial charge in [0.05, 0.1) is 39.8 Å². The van der Waals surface area contributed by atoms with E-state index in [-0.39, 0.29) is 0 Å². The smallest absolute Gasteiger partial charge is 0.0995 e. The van der Waals surface area contributed by atoms with Gasteiger partial charge in [0.15, 0.2) is 0 Å². The van der Waals surface area contributed by atoms with Crippen molar-refractivity contribution in [3.63, 3.8) is 0 Å². The average Bonchev–Trinajstić information content (AvgIpc) is 3.90. The largest absolute Gasteiger partial charge is 0.308 e. The lowest BCUT2D eigenvalue weighted by Gasteiger charge is -2.48. The lowest BCUT2D eigenvalue weighted by Crippen LogP contribution is -2.41. The zero-order chi connectivity index (χ0) is 33.4. The van der Waals surface area contributed by atoms with E-state index in [1.807, 2.05) is 0 Å². The van der Waals surface area contributed by atoms with Crippen LogP contribution in [0, 0.1) is 71.0 Å². The lowest BCUT2D eigenvalue weighted by molar-refractivity contribution is 0.00321. The molecule has 10 atom stereocenters. The first-order valence-corrected chi connectivity index (χ1v) is 20.2. The van der Waals surface area contributed by atoms with Gasteiger partial charge in [0.2, 0.25) is 0 Å². The molecule has 8 aliphatic rings. The summed E-state index contributed by atoms with van der Waals surface area (Å²) in [6.07, 6.45) is 13.2. The van der Waals surface area contributed by atoms with Crippen LogP contribution < -0.4 is 0 Å². The van der Waals surface area contributed by atoms with Crippen LogP contribution in [-0.4, -0.2) is 4.40 Å². The van der Waals surface area contributed by atoms with Crippen LogP contribution in [0.3, 0.4) is 0 Å². The molecule has 3 nitrogen and oxygen atoms in total. The number of hydrogen-bond acceptors (Lipinski definition) is 2. The SMILES string of the molecule is Cc1cccc(C)c1-c1cc2c3c4c(c(C#N)cc3n3c5cc(C#N)c6c(c5c(c1)c23)C1CC2CC3CC6CC32C1)C1CC2CC3CC4CC23C1. The second kappa shape index (κ2) is 8.31. The minimum atomic E-state index is 0.520. The van der Waals surface area contributed by atoms with Crippen LogP contribution >= 0.6 is 0 Å². The maximum absolute atomic E-state index is 10.9. The number of nitriles is 2. The zero-order valence-electron chi connectivity index (χ0n) is 29.6. The third-order valence-electron chi connectivity index (χ3n) is 17.9. The molecule has 14 rings (SSSR count). The van der Waals surface area contributed by atoms with Gasteiger partial charge in [0.1, 0.15) is 0 Å². The highest BCUT2D eigenvalue weighted by atomic mass is 14.9. The fraction of sp³-hybridized carbons (Fsp3) is 0.458. The van der Waals surface area contributed by atoms with Gasteiger partial charge < -0.3 is 4.40 Å². The van der Waals surface area contributed by atoms with Gasteiger partial charge >= 0.3 is 0 Å². The normalized spacial score (nSPS) is 36.9. The maximum atomic E-state index is 10.9. The number of hydrogen-bond donors (Lipinski definition) is 0. The molecule has 6 saturated carbocycles. The van der Waals surface area contributed by atoms with Crippen molar-refractivity contribution in [2.24, 2.45) is 34.5 Å². The van der Waals surface area contributed by atoms with Gasteiger partial charge in [-0.3, -0.25) is 0 Å². The first-order valence-electron chi connectivity index (χ1n) is 20.2. The number of fused-ring (bicyclic) bond motifs is 18. The molecule has 0 N–H and O–H groups in total. The van der Waals surface area contributed by atoms with Gasteiger partial charge in [-0.2, -0.15) is 10.5 Å². The van der Waals surface area contributed by atoms with Gasteiger partial charge in [-0.1, -0.05) is 18.2 Å². The predicted octanol–water partition coefficient (Wildman–Crippen LogP) is 11.6. The molecule has 0 radical (unpaired) electrons. The van der Waals surface area contributed by atoms with E-state index < -0.39 is 0 Å². The summed E-state index contributed by atoms with van der Waals surface area (Å²) in [7, 11) is 0. The van der Waals surface area contributed by atoms with E-state index in [1.54, 1.807) is 11.1 Å². The summed E-state index contributed by atoms with van der Waals surface area (Å²) in [6.45, 7) is 4.56. The highest BCUT2D eigenvalue weighted by molar-refractivity contribution is 6.26. The molecule has 6 bridgehead atoms. The van der Waals surface area contributed by atoms with Crippen molar-refractivity contribution < 1.29 is 0 Å². The van der Waals surface area contributed by atoms with E-state index in [2.05, 4.69) is 72.9 Å². The first-order chi connectivity index (χ1) is 24.9. The van der Waals surface area contributed by atoms with Gasteiger partial charge in [-0.05, 0) is 205 Å². The Bertz CT molecular complexity index is 2600. The van der Waals surface area contributed by atoms with Crippen molar-refractivity contribution in [2.45, 2.75) is 102 Å². The van der Waals surface area contributed by atoms with E-state index in [0.717, 1.165) is 34.8 Å². The summed E-state index contributed by atoms with van der Waals surface area (Å²) in [5.41, 5.74) is 18.0. The Morgan fingerprint density at radius 2 is 1.02 bits per heavy atom. The fourth-order valence-electron chi connectivity index (χ4n) is 16.5. The summed E-state index contributed by atoms with van der Waals surface area (Å²) < 4.78 is 2.56. The quantitative estimate of drug-likeness (QED) is 0.176. The Labute approximate surface area is 298 Å². The highest BCUT2D eigenvalue weighted by Gasteiger charge is 2.67. The third-order valence-corrected chi connectivity index (χ3v) is 17.9. The second-order valence-electron chi connectivity index (χ2n) is 19.3. The van der Waals surface area contributed by atoms with Crippen molar-refractivity contribution in [3.05, 3.63) is 87.0 Å². The molecule has 6 aromatic rings. The van der Waals surface area contributed by atoms with Crippen LogP contribution in [0.1, 0.15) is 132 Å². The summed E-state index contributed by atoms with van der Waals surface area (Å²) >= 11 is 0. The summed E-state index contributed by atoms with van der Waals surface area (Å²) in [4.78, 5) is 0. The molecule has 2 aromatic heterocycles. The molecule has 2 spiro atoms. The summed E-state index contributed by atoms with van der Waals surface area (Å²) in [5.74, 6) is 5.62. The van der Waals surface area contributed by atoms with Crippen LogP contribution in [-0.2, 0) is 0 Å². The molecule has 248 valence electrons. The number of aryl methyl sites for hydroxylation is 2. The van der Waals surface area contributed by atoms with Gasteiger partial charge in [-0.15, -0.1) is 0 Å². The standard InChI is InChI=1S/C48H41N3/c1-22-4-3-5-23(2)39(22)24-10-35-44-37(12-29(20-49)40-25-6-31-14-33-8-27(42(40)44)18-47(31,33)16-25)51-38-13-30(21-50)41-26-7-32-15-34-9-28(19-48(32,34)17-26)43(41)45(38)36(11-24)46(35)51/h3-5,10-13,25-28,31-34H,6-9,14-19H2,1-2H3. The molecular weight excluding hydrogens is 619 g/mol. The van der Waals surface area contributed by atoms with E-state index in [1.165, 1.54) is 136 Å². The van der Waals surface area contributed by atoms with Crippen molar-refractivity contribution >= 4 is 38.1 Å². The first kappa shape index (κ1) is 27.3. The molecule has 6 fully saturated rings. The van der Waals surface area contributed by atoms with Crippen molar-refractivity contribution in [3.8, 4) is 23.3 Å². The molecule has 51 heavy (non-hydrogen) atoms. The third kappa shape index (κ3) is 2.76. The lowest BCUT2D eigenvalue weighted by atomic mass is 9.56. The highest BCUT2D eigenvalue weighted by Crippen LogP contribution is 2.78. The van der Waals surface area contributed by atoms with Gasteiger partial charge in [-0.25, -0.2) is 0 Å². The van der Waals surface area contributed by atoms with Crippen LogP contribution in [0.15, 0.2) is 42.5 Å². The van der Waals surface area contributed by atoms with E-state index in [9.17, 15) is 10.5 Å². The summed E-state index contributed by atoms with van der Waals surface area (Å²) in [6, 6.07) is 22.1. The van der Waals surface area contributed by atoms with Crippen molar-refractivity contribution in [1.82, 2.24) is 4.40 Å². The number of aromatic nitrogens is 1. The van der Waals surface area contributed by atoms with Crippen LogP contribution in [0.25, 0.3) is 49.2 Å². The Balaban J connectivity index is 1.19. The van der Waals surface area contributed by atoms with E-state index in [4.69, 9.17) is 0 Å². The van der Waals surface area contributed by atoms with Crippen LogP contribution in [0.5, 0.6) is 0 Å². The van der Waals surface area contributed by atoms with Gasteiger partial charge in [0.25, 0.3) is 0 Å². The topological polar surface area (TPSA) is 52.0 Å². The van der Waals surface area contributed by atoms with E-state index >= 15 is 0 Å². The molecule has 4 aromatic carbocycles. The molecular formula is C48H41N3. The summed E-state index contributed by atoms with van der Waals surface area (Å²) in [5, 5.41) is 27.5.